The Morgan fingerprint density at radius 2 is 1.60 bits per heavy atom. The molecule has 7 nitrogen and oxygen atoms in total. The van der Waals surface area contributed by atoms with Gasteiger partial charge < -0.3 is 33.9 Å². The van der Waals surface area contributed by atoms with Crippen LogP contribution in [0.15, 0.2) is 0 Å². The Balaban J connectivity index is 2.33. The lowest BCUT2D eigenvalue weighted by molar-refractivity contribution is -0.476. The zero-order chi connectivity index (χ0) is 15.1. The van der Waals surface area contributed by atoms with Crippen molar-refractivity contribution in [3.63, 3.8) is 0 Å². The van der Waals surface area contributed by atoms with E-state index in [2.05, 4.69) is 0 Å². The number of alkyl halides is 1. The van der Waals surface area contributed by atoms with Gasteiger partial charge in [-0.15, -0.1) is 0 Å². The van der Waals surface area contributed by atoms with E-state index in [1.807, 2.05) is 0 Å². The highest BCUT2D eigenvalue weighted by Gasteiger charge is 2.62. The normalized spacial score (nSPS) is 52.6. The minimum absolute atomic E-state index is 0.471. The van der Waals surface area contributed by atoms with Crippen LogP contribution in [0.3, 0.4) is 0 Å². The first-order valence-electron chi connectivity index (χ1n) is 6.36. The monoisotopic (exact) mass is 296 g/mol. The van der Waals surface area contributed by atoms with Crippen LogP contribution >= 0.6 is 0 Å². The molecule has 8 heteroatoms. The Morgan fingerprint density at radius 3 is 2.05 bits per heavy atom. The Labute approximate surface area is 116 Å². The number of ether oxygens (including phenoxy) is 5. The van der Waals surface area contributed by atoms with Crippen molar-refractivity contribution in [2.24, 2.45) is 0 Å². The summed E-state index contributed by atoms with van der Waals surface area (Å²) in [5, 5.41) is 19.2. The number of aliphatic hydroxyl groups is 2. The topological polar surface area (TPSA) is 86.6 Å². The molecule has 2 aliphatic heterocycles. The maximum Gasteiger partial charge on any atom is 0.228 e. The summed E-state index contributed by atoms with van der Waals surface area (Å²) in [6, 6.07) is 0. The molecule has 0 radical (unpaired) electrons. The third-order valence-electron chi connectivity index (χ3n) is 4.11. The first-order valence-corrected chi connectivity index (χ1v) is 6.36. The summed E-state index contributed by atoms with van der Waals surface area (Å²) in [5.41, 5.74) is 0. The number of fused-ring (bicyclic) bond motifs is 1. The lowest BCUT2D eigenvalue weighted by Crippen LogP contribution is -2.72. The molecule has 0 aromatic carbocycles. The summed E-state index contributed by atoms with van der Waals surface area (Å²) in [7, 11) is 2.80. The van der Waals surface area contributed by atoms with Gasteiger partial charge in [-0.1, -0.05) is 0 Å². The Morgan fingerprint density at radius 1 is 1.10 bits per heavy atom. The third kappa shape index (κ3) is 2.25. The fourth-order valence-corrected chi connectivity index (χ4v) is 2.51. The highest BCUT2D eigenvalue weighted by molar-refractivity contribution is 4.99. The number of rotatable bonds is 3. The van der Waals surface area contributed by atoms with Crippen LogP contribution in [0.4, 0.5) is 4.39 Å². The number of hydrogen-bond acceptors (Lipinski definition) is 7. The summed E-state index contributed by atoms with van der Waals surface area (Å²) >= 11 is 0. The Kier molecular flexibility index (Phi) is 4.37. The van der Waals surface area contributed by atoms with E-state index in [1.54, 1.807) is 13.8 Å². The lowest BCUT2D eigenvalue weighted by atomic mass is 9.94. The molecule has 2 aliphatic rings. The van der Waals surface area contributed by atoms with Crippen molar-refractivity contribution in [1.82, 2.24) is 0 Å². The van der Waals surface area contributed by atoms with E-state index in [9.17, 15) is 14.6 Å². The number of hydrogen-bond donors (Lipinski definition) is 2. The molecule has 2 heterocycles. The molecule has 0 aromatic heterocycles. The van der Waals surface area contributed by atoms with Crippen molar-refractivity contribution in [1.29, 1.82) is 0 Å². The van der Waals surface area contributed by atoms with Crippen LogP contribution in [-0.2, 0) is 23.7 Å². The molecule has 2 rings (SSSR count). The maximum atomic E-state index is 13.6. The van der Waals surface area contributed by atoms with Crippen LogP contribution in [0.5, 0.6) is 0 Å². The number of halogens is 1. The predicted octanol–water partition coefficient (Wildman–Crippen LogP) is -0.457. The second-order valence-electron chi connectivity index (χ2n) is 5.16. The molecular formula is C12H21FO7. The second kappa shape index (κ2) is 5.45. The molecule has 7 atom stereocenters. The zero-order valence-electron chi connectivity index (χ0n) is 11.9. The molecule has 0 unspecified atom stereocenters. The smallest absolute Gasteiger partial charge is 0.228 e. The molecular weight excluding hydrogens is 275 g/mol. The van der Waals surface area contributed by atoms with E-state index in [0.717, 1.165) is 0 Å². The largest absolute Gasteiger partial charge is 0.394 e. The van der Waals surface area contributed by atoms with Gasteiger partial charge in [-0.3, -0.25) is 0 Å². The first-order chi connectivity index (χ1) is 9.31. The van der Waals surface area contributed by atoms with Gasteiger partial charge in [0.15, 0.2) is 0 Å². The van der Waals surface area contributed by atoms with E-state index >= 15 is 0 Å². The fraction of sp³-hybridized carbons (Fsp3) is 1.00. The summed E-state index contributed by atoms with van der Waals surface area (Å²) in [6.07, 6.45) is -6.39. The van der Waals surface area contributed by atoms with Crippen molar-refractivity contribution in [3.05, 3.63) is 0 Å². The molecule has 20 heavy (non-hydrogen) atoms. The Hall–Kier alpha value is -0.350. The summed E-state index contributed by atoms with van der Waals surface area (Å²) < 4.78 is 40.6. The van der Waals surface area contributed by atoms with E-state index in [1.165, 1.54) is 14.2 Å². The number of aliphatic hydroxyl groups excluding tert-OH is 2. The quantitative estimate of drug-likeness (QED) is 0.729. The van der Waals surface area contributed by atoms with E-state index < -0.39 is 49.0 Å². The zero-order valence-corrected chi connectivity index (χ0v) is 11.9. The average molecular weight is 296 g/mol. The molecule has 0 bridgehead atoms. The van der Waals surface area contributed by atoms with Crippen molar-refractivity contribution in [2.45, 2.75) is 56.2 Å². The summed E-state index contributed by atoms with van der Waals surface area (Å²) in [6.45, 7) is 2.69. The van der Waals surface area contributed by atoms with Crippen molar-refractivity contribution < 1.29 is 38.3 Å². The van der Waals surface area contributed by atoms with Gasteiger partial charge in [-0.05, 0) is 13.8 Å². The molecule has 2 fully saturated rings. The van der Waals surface area contributed by atoms with Crippen molar-refractivity contribution in [2.75, 3.05) is 20.8 Å². The van der Waals surface area contributed by atoms with Crippen LogP contribution < -0.4 is 0 Å². The lowest BCUT2D eigenvalue weighted by Gasteiger charge is -2.55. The van der Waals surface area contributed by atoms with Crippen LogP contribution in [0.25, 0.3) is 0 Å². The van der Waals surface area contributed by atoms with Crippen molar-refractivity contribution in [3.8, 4) is 0 Å². The third-order valence-corrected chi connectivity index (χ3v) is 4.11. The second-order valence-corrected chi connectivity index (χ2v) is 5.16. The van der Waals surface area contributed by atoms with E-state index in [0.29, 0.717) is 0 Å². The van der Waals surface area contributed by atoms with E-state index in [4.69, 9.17) is 23.7 Å². The molecule has 0 amide bonds. The molecule has 118 valence electrons. The van der Waals surface area contributed by atoms with Gasteiger partial charge in [0.1, 0.15) is 24.4 Å². The molecule has 0 aliphatic carbocycles. The summed E-state index contributed by atoms with van der Waals surface area (Å²) in [4.78, 5) is 0. The maximum absolute atomic E-state index is 13.6. The highest BCUT2D eigenvalue weighted by Crippen LogP contribution is 2.43. The van der Waals surface area contributed by atoms with E-state index in [-0.39, 0.29) is 0 Å². The SMILES string of the molecule is CO[C@@]1(C)O[C@@H]2[C@@H](O)[C@@H](F)O[C@H](CO)[C@H]2O[C@]1(C)OC. The highest BCUT2D eigenvalue weighted by atomic mass is 19.1. The minimum atomic E-state index is -1.97. The molecule has 0 spiro atoms. The molecule has 0 aromatic rings. The van der Waals surface area contributed by atoms with Crippen LogP contribution in [-0.4, -0.2) is 73.4 Å². The minimum Gasteiger partial charge on any atom is -0.394 e. The summed E-state index contributed by atoms with van der Waals surface area (Å²) in [5.74, 6) is -2.65. The van der Waals surface area contributed by atoms with Gasteiger partial charge in [0.2, 0.25) is 17.9 Å². The number of methoxy groups -OCH3 is 2. The fourth-order valence-electron chi connectivity index (χ4n) is 2.51. The standard InChI is InChI=1S/C12H21FO7/c1-11(16-3)12(2,17-4)20-9-7(15)10(13)18-6(5-14)8(9)19-11/h6-10,14-15H,5H2,1-4H3/t6-,7-,8-,9-,10+,11+,12+/m1/s1. The predicted molar refractivity (Wildman–Crippen MR) is 63.4 cm³/mol. The van der Waals surface area contributed by atoms with Gasteiger partial charge in [0.05, 0.1) is 6.61 Å². The van der Waals surface area contributed by atoms with Gasteiger partial charge in [0, 0.05) is 14.2 Å². The molecule has 2 N–H and O–H groups in total. The van der Waals surface area contributed by atoms with Gasteiger partial charge >= 0.3 is 0 Å². The van der Waals surface area contributed by atoms with Crippen LogP contribution in [0.1, 0.15) is 13.8 Å². The van der Waals surface area contributed by atoms with Crippen LogP contribution in [0.2, 0.25) is 0 Å². The first kappa shape index (κ1) is 16.0. The Bertz CT molecular complexity index is 339. The van der Waals surface area contributed by atoms with Gasteiger partial charge in [-0.25, -0.2) is 4.39 Å². The average Bonchev–Trinajstić information content (AvgIpc) is 2.45. The van der Waals surface area contributed by atoms with Crippen LogP contribution in [0, 0.1) is 0 Å². The molecule has 2 saturated heterocycles. The van der Waals surface area contributed by atoms with Gasteiger partial charge in [-0.2, -0.15) is 0 Å². The van der Waals surface area contributed by atoms with Gasteiger partial charge in [0.25, 0.3) is 0 Å². The van der Waals surface area contributed by atoms with Crippen molar-refractivity contribution >= 4 is 0 Å². The molecule has 0 saturated carbocycles.